The summed E-state index contributed by atoms with van der Waals surface area (Å²) < 4.78 is 11.0. The molecule has 3 N–H and O–H groups in total. The molecule has 0 radical (unpaired) electrons. The van der Waals surface area contributed by atoms with E-state index in [-0.39, 0.29) is 50.2 Å². The molecule has 8 heteroatoms. The summed E-state index contributed by atoms with van der Waals surface area (Å²) in [6, 6.07) is 12.3. The second-order valence-corrected chi connectivity index (χ2v) is 4.57. The molecule has 0 atom stereocenters. The number of nitrogen functional groups attached to an aromatic ring is 1. The summed E-state index contributed by atoms with van der Waals surface area (Å²) in [4.78, 5) is 12.3. The van der Waals surface area contributed by atoms with E-state index >= 15 is 0 Å². The fourth-order valence-corrected chi connectivity index (χ4v) is 2.01. The summed E-state index contributed by atoms with van der Waals surface area (Å²) in [6.07, 6.45) is 0. The first-order valence-corrected chi connectivity index (χ1v) is 7.21. The minimum atomic E-state index is -0.214. The molecule has 0 bridgehead atoms. The summed E-state index contributed by atoms with van der Waals surface area (Å²) in [5, 5.41) is 2.84. The van der Waals surface area contributed by atoms with Crippen LogP contribution in [-0.2, 0) is 19.5 Å². The summed E-state index contributed by atoms with van der Waals surface area (Å²) in [5.74, 6) is 0.829. The molecule has 0 saturated heterocycles. The Morgan fingerprint density at radius 2 is 1.56 bits per heavy atom. The summed E-state index contributed by atoms with van der Waals surface area (Å²) >= 11 is 0. The van der Waals surface area contributed by atoms with E-state index < -0.39 is 0 Å². The molecule has 0 spiro atoms. The molecule has 0 saturated carbocycles. The maximum absolute atomic E-state index is 12.3. The van der Waals surface area contributed by atoms with Gasteiger partial charge in [-0.3, -0.25) is 4.79 Å². The van der Waals surface area contributed by atoms with Gasteiger partial charge in [0.25, 0.3) is 5.91 Å². The van der Waals surface area contributed by atoms with Crippen molar-refractivity contribution < 1.29 is 58.6 Å². The monoisotopic (exact) mass is 434 g/mol. The molecule has 132 valence electrons. The van der Waals surface area contributed by atoms with Crippen LogP contribution >= 0.6 is 0 Å². The van der Waals surface area contributed by atoms with Crippen molar-refractivity contribution in [2.45, 2.75) is 13.8 Å². The number of hydrogen-bond donors (Lipinski definition) is 2. The SMILES string of the molecule is CCOc1cc(NC(=O)c2ccccc2)c(OCC)cc1N.[Cl-].[Cl-].[Zn+2]. The van der Waals surface area contributed by atoms with Crippen LogP contribution in [0, 0.1) is 0 Å². The predicted octanol–water partition coefficient (Wildman–Crippen LogP) is -2.68. The third-order valence-electron chi connectivity index (χ3n) is 3.00. The van der Waals surface area contributed by atoms with Crippen LogP contribution in [0.5, 0.6) is 11.5 Å². The van der Waals surface area contributed by atoms with E-state index in [4.69, 9.17) is 15.2 Å². The van der Waals surface area contributed by atoms with Crippen LogP contribution in [0.4, 0.5) is 11.4 Å². The fourth-order valence-electron chi connectivity index (χ4n) is 2.01. The number of hydrogen-bond acceptors (Lipinski definition) is 4. The van der Waals surface area contributed by atoms with Crippen molar-refractivity contribution in [2.24, 2.45) is 0 Å². The Morgan fingerprint density at radius 3 is 2.12 bits per heavy atom. The molecule has 2 aromatic carbocycles. The van der Waals surface area contributed by atoms with E-state index in [0.717, 1.165) is 0 Å². The Morgan fingerprint density at radius 1 is 1.00 bits per heavy atom. The van der Waals surface area contributed by atoms with Crippen LogP contribution in [-0.4, -0.2) is 19.1 Å². The van der Waals surface area contributed by atoms with Gasteiger partial charge in [-0.15, -0.1) is 0 Å². The van der Waals surface area contributed by atoms with Gasteiger partial charge in [0.05, 0.1) is 24.6 Å². The van der Waals surface area contributed by atoms with E-state index in [2.05, 4.69) is 5.32 Å². The van der Waals surface area contributed by atoms with Gasteiger partial charge in [-0.1, -0.05) is 18.2 Å². The number of carbonyl (C=O) groups is 1. The first kappa shape index (κ1) is 25.8. The smallest absolute Gasteiger partial charge is 1.00 e. The van der Waals surface area contributed by atoms with E-state index in [9.17, 15) is 4.79 Å². The van der Waals surface area contributed by atoms with E-state index in [0.29, 0.717) is 41.7 Å². The van der Waals surface area contributed by atoms with Gasteiger partial charge in [-0.2, -0.15) is 0 Å². The Kier molecular flexibility index (Phi) is 13.2. The standard InChI is InChI=1S/C17H20N2O3.2ClH.Zn/c1-3-21-15-11-14(16(22-4-2)10-13(15)18)19-17(20)12-8-6-5-7-9-12;;;/h5-11H,3-4,18H2,1-2H3,(H,19,20);2*1H;/q;;;+2/p-2. The average Bonchev–Trinajstić information content (AvgIpc) is 2.53. The molecular weight excluding hydrogens is 416 g/mol. The maximum Gasteiger partial charge on any atom is 2.00 e. The van der Waals surface area contributed by atoms with Crippen LogP contribution in [0.3, 0.4) is 0 Å². The molecular formula is C17H20Cl2N2O3Zn. The van der Waals surface area contributed by atoms with Crippen LogP contribution in [0.25, 0.3) is 0 Å². The number of carbonyl (C=O) groups excluding carboxylic acids is 1. The second-order valence-electron chi connectivity index (χ2n) is 4.57. The van der Waals surface area contributed by atoms with Gasteiger partial charge in [0.2, 0.25) is 0 Å². The Bertz CT molecular complexity index is 658. The zero-order valence-corrected chi connectivity index (χ0v) is 18.7. The summed E-state index contributed by atoms with van der Waals surface area (Å²) in [7, 11) is 0. The molecule has 0 fully saturated rings. The topological polar surface area (TPSA) is 73.6 Å². The van der Waals surface area contributed by atoms with E-state index in [1.54, 1.807) is 24.3 Å². The molecule has 5 nitrogen and oxygen atoms in total. The molecule has 0 aromatic heterocycles. The number of nitrogens with one attached hydrogen (secondary N) is 1. The predicted molar refractivity (Wildman–Crippen MR) is 87.6 cm³/mol. The van der Waals surface area contributed by atoms with Gasteiger partial charge in [0.15, 0.2) is 0 Å². The van der Waals surface area contributed by atoms with Crippen LogP contribution in [0.15, 0.2) is 42.5 Å². The largest absolute Gasteiger partial charge is 2.00 e. The molecule has 0 heterocycles. The fraction of sp³-hybridized carbons (Fsp3) is 0.235. The first-order valence-electron chi connectivity index (χ1n) is 7.21. The molecule has 1 amide bonds. The Hall–Kier alpha value is -1.49. The van der Waals surface area contributed by atoms with Gasteiger partial charge >= 0.3 is 19.5 Å². The zero-order chi connectivity index (χ0) is 15.9. The number of nitrogens with two attached hydrogens (primary N) is 1. The number of anilines is 2. The third-order valence-corrected chi connectivity index (χ3v) is 3.00. The number of halogens is 2. The first-order chi connectivity index (χ1) is 10.7. The van der Waals surface area contributed by atoms with Crippen molar-refractivity contribution in [1.82, 2.24) is 0 Å². The van der Waals surface area contributed by atoms with Gasteiger partial charge in [-0.05, 0) is 26.0 Å². The maximum atomic E-state index is 12.3. The molecule has 2 rings (SSSR count). The van der Waals surface area contributed by atoms with E-state index in [1.807, 2.05) is 32.0 Å². The number of amides is 1. The number of ether oxygens (including phenoxy) is 2. The average molecular weight is 437 g/mol. The van der Waals surface area contributed by atoms with Gasteiger partial charge in [0.1, 0.15) is 11.5 Å². The van der Waals surface area contributed by atoms with Crippen molar-refractivity contribution in [2.75, 3.05) is 24.3 Å². The molecule has 0 aliphatic rings. The molecule has 0 unspecified atom stereocenters. The van der Waals surface area contributed by atoms with Crippen molar-refractivity contribution in [1.29, 1.82) is 0 Å². The van der Waals surface area contributed by atoms with E-state index in [1.165, 1.54) is 0 Å². The summed E-state index contributed by atoms with van der Waals surface area (Å²) in [5.41, 5.74) is 7.51. The Balaban J connectivity index is 0. The van der Waals surface area contributed by atoms with Crippen molar-refractivity contribution in [3.05, 3.63) is 48.0 Å². The Labute approximate surface area is 173 Å². The molecule has 2 aromatic rings. The van der Waals surface area contributed by atoms with Crippen LogP contribution in [0.2, 0.25) is 0 Å². The van der Waals surface area contributed by atoms with Gasteiger partial charge < -0.3 is 45.3 Å². The minimum absolute atomic E-state index is 0. The van der Waals surface area contributed by atoms with Gasteiger partial charge in [0, 0.05) is 17.7 Å². The minimum Gasteiger partial charge on any atom is -1.00 e. The zero-order valence-electron chi connectivity index (χ0n) is 14.2. The van der Waals surface area contributed by atoms with Crippen molar-refractivity contribution in [3.63, 3.8) is 0 Å². The van der Waals surface area contributed by atoms with Gasteiger partial charge in [-0.25, -0.2) is 0 Å². The second kappa shape index (κ2) is 12.8. The summed E-state index contributed by atoms with van der Waals surface area (Å²) in [6.45, 7) is 4.71. The number of rotatable bonds is 6. The molecule has 0 aliphatic heterocycles. The van der Waals surface area contributed by atoms with Crippen LogP contribution in [0.1, 0.15) is 24.2 Å². The third kappa shape index (κ3) is 7.11. The normalized spacial score (nSPS) is 8.88. The molecule has 25 heavy (non-hydrogen) atoms. The number of benzene rings is 2. The van der Waals surface area contributed by atoms with Crippen molar-refractivity contribution in [3.8, 4) is 11.5 Å². The molecule has 0 aliphatic carbocycles. The quantitative estimate of drug-likeness (QED) is 0.383. The van der Waals surface area contributed by atoms with Crippen molar-refractivity contribution >= 4 is 17.3 Å². The van der Waals surface area contributed by atoms with Crippen LogP contribution < -0.4 is 45.3 Å².